The Bertz CT molecular complexity index is 808. The highest BCUT2D eigenvalue weighted by atomic mass is 16.5. The minimum atomic E-state index is -0.320. The summed E-state index contributed by atoms with van der Waals surface area (Å²) in [6.07, 6.45) is 0. The number of carbonyl (C=O) groups is 1. The number of carbonyl (C=O) groups excluding carboxylic acids is 1. The van der Waals surface area contributed by atoms with Crippen LogP contribution in [0.1, 0.15) is 23.0 Å². The second-order valence-electron chi connectivity index (χ2n) is 5.07. The maximum atomic E-state index is 11.7. The topological polar surface area (TPSA) is 57.0 Å². The fourth-order valence-corrected chi connectivity index (χ4v) is 2.39. The summed E-state index contributed by atoms with van der Waals surface area (Å²) in [6, 6.07) is 17.1. The van der Waals surface area contributed by atoms with Gasteiger partial charge in [-0.15, -0.1) is 5.10 Å². The second-order valence-corrected chi connectivity index (χ2v) is 5.07. The first-order valence-electron chi connectivity index (χ1n) is 7.46. The lowest BCUT2D eigenvalue weighted by atomic mass is 10.1. The summed E-state index contributed by atoms with van der Waals surface area (Å²) in [7, 11) is 0. The van der Waals surface area contributed by atoms with Gasteiger partial charge in [-0.25, -0.2) is 9.48 Å². The van der Waals surface area contributed by atoms with Crippen LogP contribution in [0, 0.1) is 6.92 Å². The molecule has 5 nitrogen and oxygen atoms in total. The average Bonchev–Trinajstić information content (AvgIpc) is 2.97. The Kier molecular flexibility index (Phi) is 4.19. The molecule has 2 aromatic carbocycles. The number of hydrogen-bond acceptors (Lipinski definition) is 4. The van der Waals surface area contributed by atoms with E-state index in [-0.39, 0.29) is 5.97 Å². The molecular weight excluding hydrogens is 290 g/mol. The number of nitrogens with zero attached hydrogens (tertiary/aromatic N) is 3. The van der Waals surface area contributed by atoms with Gasteiger partial charge in [-0.2, -0.15) is 0 Å². The molecule has 0 aliphatic heterocycles. The first kappa shape index (κ1) is 15.0. The van der Waals surface area contributed by atoms with Crippen molar-refractivity contribution in [3.05, 3.63) is 65.9 Å². The molecule has 0 saturated heterocycles. The number of hydrogen-bond donors (Lipinski definition) is 0. The van der Waals surface area contributed by atoms with Crippen LogP contribution in [0.3, 0.4) is 0 Å². The summed E-state index contributed by atoms with van der Waals surface area (Å²) in [5.74, 6) is -0.320. The van der Waals surface area contributed by atoms with Crippen molar-refractivity contribution >= 4 is 5.97 Å². The number of rotatable bonds is 4. The summed E-state index contributed by atoms with van der Waals surface area (Å²) >= 11 is 0. The summed E-state index contributed by atoms with van der Waals surface area (Å²) in [5.41, 5.74) is 4.20. The van der Waals surface area contributed by atoms with Crippen LogP contribution in [0.25, 0.3) is 16.9 Å². The maximum absolute atomic E-state index is 11.7. The van der Waals surface area contributed by atoms with Crippen molar-refractivity contribution in [2.45, 2.75) is 13.8 Å². The molecule has 0 fully saturated rings. The molecule has 0 aliphatic carbocycles. The number of aromatic nitrogens is 3. The van der Waals surface area contributed by atoms with Crippen molar-refractivity contribution in [1.29, 1.82) is 0 Å². The SMILES string of the molecule is CCOC(=O)c1ccc(-n2nnc(-c3ccccc3)c2C)cc1. The van der Waals surface area contributed by atoms with Crippen LogP contribution in [0.4, 0.5) is 0 Å². The highest BCUT2D eigenvalue weighted by Gasteiger charge is 2.12. The molecule has 0 spiro atoms. The smallest absolute Gasteiger partial charge is 0.338 e. The predicted octanol–water partition coefficient (Wildman–Crippen LogP) is 3.42. The lowest BCUT2D eigenvalue weighted by Crippen LogP contribution is -2.05. The molecule has 0 amide bonds. The number of esters is 1. The van der Waals surface area contributed by atoms with E-state index in [9.17, 15) is 4.79 Å². The Morgan fingerprint density at radius 3 is 2.43 bits per heavy atom. The summed E-state index contributed by atoms with van der Waals surface area (Å²) in [6.45, 7) is 4.13. The molecule has 23 heavy (non-hydrogen) atoms. The van der Waals surface area contributed by atoms with Crippen LogP contribution in [0.15, 0.2) is 54.6 Å². The monoisotopic (exact) mass is 307 g/mol. The molecule has 116 valence electrons. The van der Waals surface area contributed by atoms with E-state index in [1.54, 1.807) is 23.7 Å². The zero-order valence-corrected chi connectivity index (χ0v) is 13.1. The zero-order chi connectivity index (χ0) is 16.2. The minimum Gasteiger partial charge on any atom is -0.462 e. The maximum Gasteiger partial charge on any atom is 0.338 e. The Morgan fingerprint density at radius 2 is 1.78 bits per heavy atom. The van der Waals surface area contributed by atoms with Crippen LogP contribution in [-0.4, -0.2) is 27.6 Å². The Labute approximate surface area is 134 Å². The third kappa shape index (κ3) is 2.99. The highest BCUT2D eigenvalue weighted by Crippen LogP contribution is 2.22. The van der Waals surface area contributed by atoms with Gasteiger partial charge in [-0.1, -0.05) is 35.5 Å². The van der Waals surface area contributed by atoms with Crippen molar-refractivity contribution in [3.8, 4) is 16.9 Å². The van der Waals surface area contributed by atoms with E-state index in [0.29, 0.717) is 12.2 Å². The first-order chi connectivity index (χ1) is 11.2. The van der Waals surface area contributed by atoms with E-state index in [1.165, 1.54) is 0 Å². The molecule has 0 bridgehead atoms. The Morgan fingerprint density at radius 1 is 1.09 bits per heavy atom. The van der Waals surface area contributed by atoms with Crippen LogP contribution < -0.4 is 0 Å². The van der Waals surface area contributed by atoms with Gasteiger partial charge in [0, 0.05) is 5.56 Å². The lowest BCUT2D eigenvalue weighted by Gasteiger charge is -2.06. The molecule has 0 N–H and O–H groups in total. The molecule has 0 unspecified atom stereocenters. The molecule has 5 heteroatoms. The molecular formula is C18H17N3O2. The third-order valence-electron chi connectivity index (χ3n) is 3.56. The molecule has 0 saturated carbocycles. The van der Waals surface area contributed by atoms with E-state index >= 15 is 0 Å². The van der Waals surface area contributed by atoms with Gasteiger partial charge in [-0.3, -0.25) is 0 Å². The van der Waals surface area contributed by atoms with Gasteiger partial charge in [0.05, 0.1) is 23.6 Å². The van der Waals surface area contributed by atoms with Crippen molar-refractivity contribution in [2.24, 2.45) is 0 Å². The minimum absolute atomic E-state index is 0.320. The lowest BCUT2D eigenvalue weighted by molar-refractivity contribution is 0.0526. The average molecular weight is 307 g/mol. The van der Waals surface area contributed by atoms with Crippen molar-refractivity contribution in [2.75, 3.05) is 6.61 Å². The van der Waals surface area contributed by atoms with Gasteiger partial charge >= 0.3 is 5.97 Å². The van der Waals surface area contributed by atoms with Gasteiger partial charge in [0.2, 0.25) is 0 Å². The predicted molar refractivity (Wildman–Crippen MR) is 87.5 cm³/mol. The quantitative estimate of drug-likeness (QED) is 0.693. The Hall–Kier alpha value is -2.95. The highest BCUT2D eigenvalue weighted by molar-refractivity contribution is 5.89. The van der Waals surface area contributed by atoms with Gasteiger partial charge in [0.15, 0.2) is 0 Å². The fourth-order valence-electron chi connectivity index (χ4n) is 2.39. The van der Waals surface area contributed by atoms with E-state index < -0.39 is 0 Å². The first-order valence-corrected chi connectivity index (χ1v) is 7.46. The van der Waals surface area contributed by atoms with Crippen LogP contribution in [-0.2, 0) is 4.74 Å². The summed E-state index contributed by atoms with van der Waals surface area (Å²) < 4.78 is 6.75. The largest absolute Gasteiger partial charge is 0.462 e. The number of benzene rings is 2. The van der Waals surface area contributed by atoms with E-state index in [1.807, 2.05) is 49.4 Å². The molecule has 3 rings (SSSR count). The molecule has 0 aliphatic rings. The van der Waals surface area contributed by atoms with Gasteiger partial charge in [-0.05, 0) is 38.1 Å². The van der Waals surface area contributed by atoms with Crippen molar-refractivity contribution < 1.29 is 9.53 Å². The van der Waals surface area contributed by atoms with Gasteiger partial charge in [0.25, 0.3) is 0 Å². The van der Waals surface area contributed by atoms with E-state index in [2.05, 4.69) is 10.3 Å². The molecule has 3 aromatic rings. The normalized spacial score (nSPS) is 10.5. The molecule has 0 radical (unpaired) electrons. The second kappa shape index (κ2) is 6.44. The van der Waals surface area contributed by atoms with Crippen LogP contribution in [0.5, 0.6) is 0 Å². The van der Waals surface area contributed by atoms with Crippen molar-refractivity contribution in [1.82, 2.24) is 15.0 Å². The summed E-state index contributed by atoms with van der Waals surface area (Å²) in [4.78, 5) is 11.7. The van der Waals surface area contributed by atoms with Gasteiger partial charge < -0.3 is 4.74 Å². The number of ether oxygens (including phenoxy) is 1. The van der Waals surface area contributed by atoms with E-state index in [0.717, 1.165) is 22.6 Å². The zero-order valence-electron chi connectivity index (χ0n) is 13.1. The molecule has 1 aromatic heterocycles. The molecule has 0 atom stereocenters. The fraction of sp³-hybridized carbons (Fsp3) is 0.167. The third-order valence-corrected chi connectivity index (χ3v) is 3.56. The van der Waals surface area contributed by atoms with Crippen LogP contribution >= 0.6 is 0 Å². The van der Waals surface area contributed by atoms with Crippen molar-refractivity contribution in [3.63, 3.8) is 0 Å². The van der Waals surface area contributed by atoms with Crippen LogP contribution in [0.2, 0.25) is 0 Å². The van der Waals surface area contributed by atoms with Gasteiger partial charge in [0.1, 0.15) is 5.69 Å². The summed E-state index contributed by atoms with van der Waals surface area (Å²) in [5, 5.41) is 8.49. The molecule has 1 heterocycles. The standard InChI is InChI=1S/C18H17N3O2/c1-3-23-18(22)15-9-11-16(12-10-15)21-13(2)17(19-20-21)14-7-5-4-6-8-14/h4-12H,3H2,1-2H3. The van der Waals surface area contributed by atoms with E-state index in [4.69, 9.17) is 4.74 Å². The Balaban J connectivity index is 1.91.